The molecule has 0 N–H and O–H groups in total. The zero-order chi connectivity index (χ0) is 44.4. The van der Waals surface area contributed by atoms with Gasteiger partial charge in [-0.3, -0.25) is 14.4 Å². The zero-order valence-electron chi connectivity index (χ0n) is 40.9. The van der Waals surface area contributed by atoms with Crippen molar-refractivity contribution in [3.8, 4) is 0 Å². The molecule has 0 fully saturated rings. The maximum atomic E-state index is 12.8. The van der Waals surface area contributed by atoms with Crippen molar-refractivity contribution < 1.29 is 28.6 Å². The fourth-order valence-corrected chi connectivity index (χ4v) is 7.84. The molecule has 0 saturated carbocycles. The fourth-order valence-electron chi connectivity index (χ4n) is 7.84. The molecule has 0 spiro atoms. The average molecular weight is 859 g/mol. The maximum Gasteiger partial charge on any atom is 0.306 e. The van der Waals surface area contributed by atoms with E-state index in [9.17, 15) is 14.4 Å². The first-order valence-corrected chi connectivity index (χ1v) is 26.8. The van der Waals surface area contributed by atoms with Crippen LogP contribution in [0.1, 0.15) is 290 Å². The van der Waals surface area contributed by atoms with E-state index >= 15 is 0 Å². The Bertz CT molecular complexity index is 989. The van der Waals surface area contributed by atoms with Gasteiger partial charge in [0.25, 0.3) is 0 Å². The van der Waals surface area contributed by atoms with Crippen molar-refractivity contribution in [3.05, 3.63) is 24.3 Å². The first-order valence-electron chi connectivity index (χ1n) is 26.8. The quantitative estimate of drug-likeness (QED) is 0.0262. The summed E-state index contributed by atoms with van der Waals surface area (Å²) in [5, 5.41) is 0. The van der Waals surface area contributed by atoms with Gasteiger partial charge in [-0.15, -0.1) is 0 Å². The molecule has 0 radical (unpaired) electrons. The molecule has 0 aliphatic carbocycles. The number of hydrogen-bond donors (Lipinski definition) is 0. The van der Waals surface area contributed by atoms with Crippen LogP contribution in [0.4, 0.5) is 0 Å². The summed E-state index contributed by atoms with van der Waals surface area (Å²) in [6.45, 7) is 6.64. The number of carbonyl (C=O) groups is 3. The average Bonchev–Trinajstić information content (AvgIpc) is 3.26. The van der Waals surface area contributed by atoms with Gasteiger partial charge in [0.05, 0.1) is 0 Å². The minimum atomic E-state index is -0.773. The highest BCUT2D eigenvalue weighted by Crippen LogP contribution is 2.16. The maximum absolute atomic E-state index is 12.8. The van der Waals surface area contributed by atoms with Crippen molar-refractivity contribution in [2.24, 2.45) is 0 Å². The second-order valence-corrected chi connectivity index (χ2v) is 18.1. The van der Waals surface area contributed by atoms with Crippen molar-refractivity contribution >= 4 is 17.9 Å². The molecule has 0 aromatic heterocycles. The van der Waals surface area contributed by atoms with E-state index in [1.807, 2.05) is 0 Å². The van der Waals surface area contributed by atoms with Crippen LogP contribution in [0.5, 0.6) is 0 Å². The van der Waals surface area contributed by atoms with Gasteiger partial charge >= 0.3 is 17.9 Å². The van der Waals surface area contributed by atoms with Crippen molar-refractivity contribution in [1.82, 2.24) is 0 Å². The summed E-state index contributed by atoms with van der Waals surface area (Å²) in [6.07, 6.45) is 57.3. The number of esters is 3. The number of rotatable bonds is 49. The number of ether oxygens (including phenoxy) is 3. The fraction of sp³-hybridized carbons (Fsp3) is 0.873. The summed E-state index contributed by atoms with van der Waals surface area (Å²) in [6, 6.07) is 0. The summed E-state index contributed by atoms with van der Waals surface area (Å²) in [4.78, 5) is 38.0. The Labute approximate surface area is 379 Å². The molecule has 0 saturated heterocycles. The van der Waals surface area contributed by atoms with Crippen LogP contribution in [0, 0.1) is 0 Å². The van der Waals surface area contributed by atoms with Crippen LogP contribution in [0.3, 0.4) is 0 Å². The molecular weight excluding hydrogens is 757 g/mol. The van der Waals surface area contributed by atoms with Crippen molar-refractivity contribution in [2.75, 3.05) is 13.2 Å². The van der Waals surface area contributed by atoms with Gasteiger partial charge in [0, 0.05) is 19.3 Å². The third-order valence-electron chi connectivity index (χ3n) is 11.9. The van der Waals surface area contributed by atoms with Crippen molar-refractivity contribution in [1.29, 1.82) is 0 Å². The predicted molar refractivity (Wildman–Crippen MR) is 261 cm³/mol. The van der Waals surface area contributed by atoms with Crippen molar-refractivity contribution in [3.63, 3.8) is 0 Å². The first-order chi connectivity index (χ1) is 30.0. The highest BCUT2D eigenvalue weighted by molar-refractivity contribution is 5.71. The smallest absolute Gasteiger partial charge is 0.306 e. The van der Waals surface area contributed by atoms with Crippen LogP contribution in [0.15, 0.2) is 24.3 Å². The second-order valence-electron chi connectivity index (χ2n) is 18.1. The third kappa shape index (κ3) is 48.8. The third-order valence-corrected chi connectivity index (χ3v) is 11.9. The van der Waals surface area contributed by atoms with Gasteiger partial charge < -0.3 is 14.2 Å². The van der Waals surface area contributed by atoms with E-state index in [2.05, 4.69) is 45.1 Å². The van der Waals surface area contributed by atoms with Crippen LogP contribution in [0.2, 0.25) is 0 Å². The van der Waals surface area contributed by atoms with E-state index in [0.29, 0.717) is 19.3 Å². The van der Waals surface area contributed by atoms with E-state index in [1.165, 1.54) is 180 Å². The van der Waals surface area contributed by atoms with E-state index in [-0.39, 0.29) is 31.1 Å². The van der Waals surface area contributed by atoms with E-state index in [1.54, 1.807) is 0 Å². The standard InChI is InChI=1S/C55H102O6/c1-4-7-10-13-16-19-22-25-27-28-31-33-36-39-42-45-48-54(57)60-51-52(50-59-53(56)47-44-41-38-35-32-29-24-21-18-15-12-9-6-3)61-55(58)49-46-43-40-37-34-30-26-23-20-17-14-11-8-5-2/h21,24,27-28,52H,4-20,22-23,25-26,29-51H2,1-3H3/b24-21-,28-27-. The molecule has 1 atom stereocenters. The van der Waals surface area contributed by atoms with Gasteiger partial charge in [-0.2, -0.15) is 0 Å². The van der Waals surface area contributed by atoms with Gasteiger partial charge in [0.15, 0.2) is 6.10 Å². The van der Waals surface area contributed by atoms with Gasteiger partial charge in [-0.25, -0.2) is 0 Å². The number of allylic oxidation sites excluding steroid dienone is 4. The summed E-state index contributed by atoms with van der Waals surface area (Å²) in [5.41, 5.74) is 0. The molecule has 6 heteroatoms. The van der Waals surface area contributed by atoms with E-state index < -0.39 is 6.10 Å². The molecule has 0 aliphatic rings. The van der Waals surface area contributed by atoms with E-state index in [4.69, 9.17) is 14.2 Å². The lowest BCUT2D eigenvalue weighted by molar-refractivity contribution is -0.167. The lowest BCUT2D eigenvalue weighted by atomic mass is 10.0. The number of unbranched alkanes of at least 4 members (excludes halogenated alkanes) is 34. The zero-order valence-corrected chi connectivity index (χ0v) is 40.9. The van der Waals surface area contributed by atoms with Gasteiger partial charge in [-0.1, -0.05) is 225 Å². The molecule has 0 aromatic rings. The van der Waals surface area contributed by atoms with Crippen LogP contribution >= 0.6 is 0 Å². The molecule has 0 aromatic carbocycles. The summed E-state index contributed by atoms with van der Waals surface area (Å²) in [7, 11) is 0. The number of hydrogen-bond acceptors (Lipinski definition) is 6. The molecule has 0 aliphatic heterocycles. The molecule has 0 rings (SSSR count). The topological polar surface area (TPSA) is 78.9 Å². The Morgan fingerprint density at radius 1 is 0.311 bits per heavy atom. The summed E-state index contributed by atoms with van der Waals surface area (Å²) >= 11 is 0. The lowest BCUT2D eigenvalue weighted by Crippen LogP contribution is -2.30. The molecule has 0 amide bonds. The van der Waals surface area contributed by atoms with Crippen LogP contribution in [-0.4, -0.2) is 37.2 Å². The Kier molecular flexibility index (Phi) is 48.8. The van der Waals surface area contributed by atoms with Gasteiger partial charge in [-0.05, 0) is 70.6 Å². The molecule has 0 bridgehead atoms. The Balaban J connectivity index is 4.35. The Hall–Kier alpha value is -2.11. The van der Waals surface area contributed by atoms with Gasteiger partial charge in [0.1, 0.15) is 13.2 Å². The normalized spacial score (nSPS) is 12.1. The van der Waals surface area contributed by atoms with Crippen LogP contribution in [0.25, 0.3) is 0 Å². The largest absolute Gasteiger partial charge is 0.462 e. The van der Waals surface area contributed by atoms with Crippen molar-refractivity contribution in [2.45, 2.75) is 297 Å². The van der Waals surface area contributed by atoms with Gasteiger partial charge in [0.2, 0.25) is 0 Å². The minimum absolute atomic E-state index is 0.0744. The molecule has 6 nitrogen and oxygen atoms in total. The van der Waals surface area contributed by atoms with Crippen LogP contribution < -0.4 is 0 Å². The second kappa shape index (κ2) is 50.5. The predicted octanol–water partition coefficient (Wildman–Crippen LogP) is 17.5. The summed E-state index contributed by atoms with van der Waals surface area (Å²) in [5.74, 6) is -0.876. The molecular formula is C55H102O6. The Morgan fingerprint density at radius 3 is 0.836 bits per heavy atom. The molecule has 358 valence electrons. The highest BCUT2D eigenvalue weighted by Gasteiger charge is 2.19. The highest BCUT2D eigenvalue weighted by atomic mass is 16.6. The SMILES string of the molecule is CCCCCC/C=C\CCCCCCCC(=O)OCC(COC(=O)CCCCCCC/C=C\CCCCCCCCC)OC(=O)CCCCCCCCCCCCCCCC. The molecule has 0 heterocycles. The van der Waals surface area contributed by atoms with Crippen LogP contribution in [-0.2, 0) is 28.6 Å². The minimum Gasteiger partial charge on any atom is -0.462 e. The molecule has 61 heavy (non-hydrogen) atoms. The van der Waals surface area contributed by atoms with E-state index in [0.717, 1.165) is 70.6 Å². The number of carbonyl (C=O) groups excluding carboxylic acids is 3. The Morgan fingerprint density at radius 2 is 0.541 bits per heavy atom. The summed E-state index contributed by atoms with van der Waals surface area (Å²) < 4.78 is 16.8. The lowest BCUT2D eigenvalue weighted by Gasteiger charge is -2.18. The first kappa shape index (κ1) is 58.9. The molecule has 1 unspecified atom stereocenters. The monoisotopic (exact) mass is 859 g/mol.